The maximum Gasteiger partial charge on any atom is 0.411 e. The van der Waals surface area contributed by atoms with E-state index in [0.29, 0.717) is 12.8 Å². The quantitative estimate of drug-likeness (QED) is 0.745. The van der Waals surface area contributed by atoms with Gasteiger partial charge in [0, 0.05) is 17.9 Å². The molecule has 1 saturated heterocycles. The van der Waals surface area contributed by atoms with Crippen molar-refractivity contribution < 1.29 is 23.9 Å². The fourth-order valence-corrected chi connectivity index (χ4v) is 2.56. The average molecular weight is 327 g/mol. The van der Waals surface area contributed by atoms with Crippen LogP contribution in [0.2, 0.25) is 0 Å². The minimum atomic E-state index is -0.687. The van der Waals surface area contributed by atoms with Crippen molar-refractivity contribution >= 4 is 17.8 Å². The van der Waals surface area contributed by atoms with Gasteiger partial charge in [-0.1, -0.05) is 20.8 Å². The summed E-state index contributed by atoms with van der Waals surface area (Å²) in [5, 5.41) is 0. The largest absolute Gasteiger partial charge is 0.467 e. The van der Waals surface area contributed by atoms with Gasteiger partial charge in [0.2, 0.25) is 0 Å². The Bertz CT molecular complexity index is 472. The van der Waals surface area contributed by atoms with Crippen LogP contribution >= 0.6 is 0 Å². The van der Waals surface area contributed by atoms with Gasteiger partial charge in [0.1, 0.15) is 17.4 Å². The van der Waals surface area contributed by atoms with Crippen LogP contribution in [-0.2, 0) is 19.1 Å². The van der Waals surface area contributed by atoms with Crippen LogP contribution in [0.4, 0.5) is 4.79 Å². The molecule has 1 unspecified atom stereocenters. The third-order valence-corrected chi connectivity index (χ3v) is 3.84. The van der Waals surface area contributed by atoms with Crippen LogP contribution in [0.1, 0.15) is 60.8 Å². The van der Waals surface area contributed by atoms with Crippen molar-refractivity contribution in [3.8, 4) is 0 Å². The van der Waals surface area contributed by atoms with E-state index in [9.17, 15) is 14.4 Å². The first-order valence-electron chi connectivity index (χ1n) is 7.99. The molecule has 0 aromatic heterocycles. The number of hydrogen-bond acceptors (Lipinski definition) is 5. The molecule has 1 fully saturated rings. The number of Topliss-reactive ketones (excluding diaryl/α,β-unsaturated/α-hetero) is 1. The number of carbonyl (C=O) groups excluding carboxylic acids is 3. The van der Waals surface area contributed by atoms with Crippen LogP contribution in [0.3, 0.4) is 0 Å². The van der Waals surface area contributed by atoms with Crippen molar-refractivity contribution in [1.29, 1.82) is 0 Å². The monoisotopic (exact) mass is 327 g/mol. The lowest BCUT2D eigenvalue weighted by Crippen LogP contribution is -2.48. The molecule has 6 heteroatoms. The van der Waals surface area contributed by atoms with E-state index in [2.05, 4.69) is 0 Å². The van der Waals surface area contributed by atoms with Crippen LogP contribution in [-0.4, -0.2) is 47.5 Å². The zero-order chi connectivity index (χ0) is 18.0. The van der Waals surface area contributed by atoms with Crippen LogP contribution in [0, 0.1) is 5.41 Å². The van der Waals surface area contributed by atoms with Gasteiger partial charge in [-0.15, -0.1) is 0 Å². The molecule has 0 radical (unpaired) electrons. The van der Waals surface area contributed by atoms with Crippen molar-refractivity contribution in [2.75, 3.05) is 7.11 Å². The van der Waals surface area contributed by atoms with Gasteiger partial charge < -0.3 is 9.47 Å². The van der Waals surface area contributed by atoms with E-state index in [1.807, 2.05) is 20.8 Å². The van der Waals surface area contributed by atoms with Gasteiger partial charge in [0.05, 0.1) is 7.11 Å². The topological polar surface area (TPSA) is 72.9 Å². The fourth-order valence-electron chi connectivity index (χ4n) is 2.56. The van der Waals surface area contributed by atoms with Crippen LogP contribution in [0.15, 0.2) is 0 Å². The van der Waals surface area contributed by atoms with E-state index in [1.54, 1.807) is 20.8 Å². The summed E-state index contributed by atoms with van der Waals surface area (Å²) in [6.07, 6.45) is 0.711. The molecule has 23 heavy (non-hydrogen) atoms. The number of methoxy groups -OCH3 is 1. The Morgan fingerprint density at radius 2 is 1.61 bits per heavy atom. The molecule has 1 amide bonds. The minimum absolute atomic E-state index is 0.0570. The summed E-state index contributed by atoms with van der Waals surface area (Å²) in [5.41, 5.74) is -1.15. The first-order chi connectivity index (χ1) is 10.4. The number of hydrogen-bond donors (Lipinski definition) is 0. The van der Waals surface area contributed by atoms with Gasteiger partial charge in [-0.25, -0.2) is 9.59 Å². The molecule has 2 atom stereocenters. The van der Waals surface area contributed by atoms with E-state index < -0.39 is 29.1 Å². The Morgan fingerprint density at radius 1 is 1.04 bits per heavy atom. The van der Waals surface area contributed by atoms with Gasteiger partial charge in [0.25, 0.3) is 0 Å². The Balaban J connectivity index is 2.98. The highest BCUT2D eigenvalue weighted by Crippen LogP contribution is 2.31. The first kappa shape index (κ1) is 19.5. The lowest BCUT2D eigenvalue weighted by molar-refractivity contribution is -0.146. The summed E-state index contributed by atoms with van der Waals surface area (Å²) in [6.45, 7) is 10.8. The standard InChI is InChI=1S/C17H29NO5/c1-16(2,3)13(19)10-11-8-9-12(14(20)22-7)18(11)15(21)23-17(4,5)6/h11-12H,8-10H2,1-7H3/t11?,12-/m1/s1. The third kappa shape index (κ3) is 5.22. The molecule has 0 aromatic carbocycles. The maximum atomic E-state index is 12.5. The second-order valence-corrected chi connectivity index (χ2v) is 8.04. The first-order valence-corrected chi connectivity index (χ1v) is 7.99. The van der Waals surface area contributed by atoms with Crippen LogP contribution in [0.5, 0.6) is 0 Å². The molecule has 1 heterocycles. The van der Waals surface area contributed by atoms with Crippen LogP contribution < -0.4 is 0 Å². The summed E-state index contributed by atoms with van der Waals surface area (Å²) >= 11 is 0. The Kier molecular flexibility index (Phi) is 5.83. The van der Waals surface area contributed by atoms with Gasteiger partial charge in [0.15, 0.2) is 0 Å². The van der Waals surface area contributed by atoms with Crippen molar-refractivity contribution in [2.45, 2.75) is 78.5 Å². The Labute approximate surface area is 138 Å². The zero-order valence-electron chi connectivity index (χ0n) is 15.3. The SMILES string of the molecule is COC(=O)[C@H]1CCC(CC(=O)C(C)(C)C)N1C(=O)OC(C)(C)C. The molecule has 0 saturated carbocycles. The Hall–Kier alpha value is -1.59. The summed E-state index contributed by atoms with van der Waals surface area (Å²) in [6, 6.07) is -1.02. The molecular weight excluding hydrogens is 298 g/mol. The number of ether oxygens (including phenoxy) is 2. The second kappa shape index (κ2) is 6.89. The van der Waals surface area contributed by atoms with Crippen molar-refractivity contribution in [3.05, 3.63) is 0 Å². The second-order valence-electron chi connectivity index (χ2n) is 8.04. The maximum absolute atomic E-state index is 12.5. The lowest BCUT2D eigenvalue weighted by atomic mass is 9.86. The van der Waals surface area contributed by atoms with E-state index in [1.165, 1.54) is 12.0 Å². The fraction of sp³-hybridized carbons (Fsp3) is 0.824. The third-order valence-electron chi connectivity index (χ3n) is 3.84. The van der Waals surface area contributed by atoms with Crippen LogP contribution in [0.25, 0.3) is 0 Å². The highest BCUT2D eigenvalue weighted by molar-refractivity contribution is 5.86. The molecule has 0 spiro atoms. The number of nitrogens with zero attached hydrogens (tertiary/aromatic N) is 1. The number of rotatable bonds is 3. The summed E-state index contributed by atoms with van der Waals surface area (Å²) in [5.74, 6) is -0.414. The number of esters is 1. The average Bonchev–Trinajstić information content (AvgIpc) is 2.78. The highest BCUT2D eigenvalue weighted by Gasteiger charge is 2.44. The molecule has 6 nitrogen and oxygen atoms in total. The molecule has 1 aliphatic rings. The van der Waals surface area contributed by atoms with E-state index in [4.69, 9.17) is 9.47 Å². The predicted molar refractivity (Wildman–Crippen MR) is 86.0 cm³/mol. The molecule has 1 aliphatic heterocycles. The number of carbonyl (C=O) groups is 3. The molecule has 0 bridgehead atoms. The zero-order valence-corrected chi connectivity index (χ0v) is 15.3. The summed E-state index contributed by atoms with van der Waals surface area (Å²) < 4.78 is 10.2. The summed E-state index contributed by atoms with van der Waals surface area (Å²) in [7, 11) is 1.29. The Morgan fingerprint density at radius 3 is 2.04 bits per heavy atom. The number of amides is 1. The molecule has 1 rings (SSSR count). The van der Waals surface area contributed by atoms with E-state index >= 15 is 0 Å². The summed E-state index contributed by atoms with van der Waals surface area (Å²) in [4.78, 5) is 38.2. The van der Waals surface area contributed by atoms with Crippen molar-refractivity contribution in [3.63, 3.8) is 0 Å². The van der Waals surface area contributed by atoms with Gasteiger partial charge in [-0.3, -0.25) is 9.69 Å². The van der Waals surface area contributed by atoms with Gasteiger partial charge >= 0.3 is 12.1 Å². The van der Waals surface area contributed by atoms with Gasteiger partial charge in [-0.2, -0.15) is 0 Å². The van der Waals surface area contributed by atoms with Gasteiger partial charge in [-0.05, 0) is 33.6 Å². The molecule has 132 valence electrons. The molecule has 0 N–H and O–H groups in total. The van der Waals surface area contributed by atoms with Crippen molar-refractivity contribution in [1.82, 2.24) is 4.90 Å². The molecule has 0 aliphatic carbocycles. The smallest absolute Gasteiger partial charge is 0.411 e. The predicted octanol–water partition coefficient (Wildman–Crippen LogP) is 2.93. The lowest BCUT2D eigenvalue weighted by Gasteiger charge is -2.32. The molecule has 0 aromatic rings. The highest BCUT2D eigenvalue weighted by atomic mass is 16.6. The molecular formula is C17H29NO5. The van der Waals surface area contributed by atoms with E-state index in [0.717, 1.165) is 0 Å². The van der Waals surface area contributed by atoms with Crippen molar-refractivity contribution in [2.24, 2.45) is 5.41 Å². The van der Waals surface area contributed by atoms with E-state index in [-0.39, 0.29) is 18.2 Å². The minimum Gasteiger partial charge on any atom is -0.467 e. The number of likely N-dealkylation sites (tertiary alicyclic amines) is 1. The number of ketones is 1. The normalized spacial score (nSPS) is 22.0.